The number of rotatable bonds is 9. The summed E-state index contributed by atoms with van der Waals surface area (Å²) in [5, 5.41) is 11.7. The van der Waals surface area contributed by atoms with Gasteiger partial charge < -0.3 is 9.47 Å². The lowest BCUT2D eigenvalue weighted by atomic mass is 10.2. The van der Waals surface area contributed by atoms with E-state index in [1.54, 1.807) is 43.5 Å². The first-order valence-corrected chi connectivity index (χ1v) is 13.5. The number of anilines is 2. The molecular weight excluding hydrogens is 500 g/mol. The van der Waals surface area contributed by atoms with Crippen LogP contribution in [-0.2, 0) is 14.8 Å². The van der Waals surface area contributed by atoms with Crippen molar-refractivity contribution in [3.05, 3.63) is 78.9 Å². The molecule has 0 saturated carbocycles. The van der Waals surface area contributed by atoms with Gasteiger partial charge in [-0.25, -0.2) is 8.42 Å². The first-order valence-electron chi connectivity index (χ1n) is 10.9. The third-order valence-electron chi connectivity index (χ3n) is 5.15. The van der Waals surface area contributed by atoms with Crippen molar-refractivity contribution in [1.29, 1.82) is 0 Å². The fourth-order valence-electron chi connectivity index (χ4n) is 3.43. The smallest absolute Gasteiger partial charge is 0.249 e. The summed E-state index contributed by atoms with van der Waals surface area (Å²) in [4.78, 5) is 13.0. The maximum atomic E-state index is 13.0. The van der Waals surface area contributed by atoms with Crippen LogP contribution >= 0.6 is 11.3 Å². The van der Waals surface area contributed by atoms with Gasteiger partial charge in [0.1, 0.15) is 28.3 Å². The Labute approximate surface area is 213 Å². The van der Waals surface area contributed by atoms with Gasteiger partial charge in [0.15, 0.2) is 0 Å². The van der Waals surface area contributed by atoms with Crippen molar-refractivity contribution < 1.29 is 22.7 Å². The number of para-hydroxylation sites is 1. The number of methoxy groups -OCH3 is 1. The van der Waals surface area contributed by atoms with Gasteiger partial charge in [0.2, 0.25) is 21.1 Å². The molecule has 3 aromatic carbocycles. The fourth-order valence-corrected chi connectivity index (χ4v) is 5.36. The zero-order valence-electron chi connectivity index (χ0n) is 19.8. The minimum absolute atomic E-state index is 0.262. The van der Waals surface area contributed by atoms with Gasteiger partial charge in [-0.05, 0) is 67.6 Å². The van der Waals surface area contributed by atoms with Crippen LogP contribution in [0.25, 0.3) is 10.6 Å². The van der Waals surface area contributed by atoms with Crippen molar-refractivity contribution in [3.63, 3.8) is 0 Å². The Balaban J connectivity index is 1.48. The largest absolute Gasteiger partial charge is 0.497 e. The van der Waals surface area contributed by atoms with Crippen LogP contribution in [0.3, 0.4) is 0 Å². The molecule has 1 amide bonds. The number of aromatic nitrogens is 2. The first-order chi connectivity index (χ1) is 17.2. The maximum absolute atomic E-state index is 13.0. The van der Waals surface area contributed by atoms with Crippen LogP contribution in [0.15, 0.2) is 78.9 Å². The van der Waals surface area contributed by atoms with Gasteiger partial charge in [-0.15, -0.1) is 10.2 Å². The third-order valence-corrected chi connectivity index (χ3v) is 7.28. The summed E-state index contributed by atoms with van der Waals surface area (Å²) in [6.45, 7) is 1.51. The Morgan fingerprint density at radius 3 is 2.14 bits per heavy atom. The summed E-state index contributed by atoms with van der Waals surface area (Å²) in [6, 6.07) is 21.9. The Kier molecular flexibility index (Phi) is 7.51. The van der Waals surface area contributed by atoms with Gasteiger partial charge in [-0.3, -0.25) is 14.4 Å². The van der Waals surface area contributed by atoms with E-state index < -0.39 is 22.0 Å². The van der Waals surface area contributed by atoms with E-state index in [9.17, 15) is 13.2 Å². The summed E-state index contributed by atoms with van der Waals surface area (Å²) in [7, 11) is -2.20. The predicted molar refractivity (Wildman–Crippen MR) is 140 cm³/mol. The average molecular weight is 525 g/mol. The molecule has 1 atom stereocenters. The van der Waals surface area contributed by atoms with Crippen LogP contribution in [-0.4, -0.2) is 43.9 Å². The highest BCUT2D eigenvalue weighted by Crippen LogP contribution is 2.29. The zero-order chi connectivity index (χ0) is 25.7. The topological polar surface area (TPSA) is 111 Å². The molecule has 9 nitrogen and oxygen atoms in total. The van der Waals surface area contributed by atoms with Crippen LogP contribution in [0.4, 0.5) is 10.8 Å². The van der Waals surface area contributed by atoms with E-state index in [4.69, 9.17) is 9.47 Å². The molecule has 0 aliphatic rings. The molecule has 0 aliphatic heterocycles. The van der Waals surface area contributed by atoms with Gasteiger partial charge in [-0.2, -0.15) is 0 Å². The molecule has 11 heteroatoms. The number of nitrogens with one attached hydrogen (secondary N) is 1. The number of ether oxygens (including phenoxy) is 2. The van der Waals surface area contributed by atoms with Gasteiger partial charge >= 0.3 is 0 Å². The number of benzene rings is 3. The van der Waals surface area contributed by atoms with Crippen molar-refractivity contribution in [2.24, 2.45) is 0 Å². The van der Waals surface area contributed by atoms with Crippen molar-refractivity contribution >= 4 is 38.1 Å². The molecule has 0 aliphatic carbocycles. The number of carbonyl (C=O) groups is 1. The number of sulfonamides is 1. The summed E-state index contributed by atoms with van der Waals surface area (Å²) < 4.78 is 37.2. The fraction of sp³-hybridized carbons (Fsp3) is 0.160. The Hall–Kier alpha value is -3.96. The second kappa shape index (κ2) is 10.8. The number of carbonyl (C=O) groups excluding carboxylic acids is 1. The van der Waals surface area contributed by atoms with Crippen molar-refractivity contribution in [1.82, 2.24) is 10.2 Å². The molecule has 1 N–H and O–H groups in total. The molecule has 0 saturated heterocycles. The molecule has 4 rings (SSSR count). The number of nitrogens with zero attached hydrogens (tertiary/aromatic N) is 3. The second-order valence-corrected chi connectivity index (χ2v) is 10.6. The van der Waals surface area contributed by atoms with Gasteiger partial charge in [0.25, 0.3) is 0 Å². The van der Waals surface area contributed by atoms with E-state index in [2.05, 4.69) is 15.5 Å². The van der Waals surface area contributed by atoms with E-state index in [-0.39, 0.29) is 5.13 Å². The van der Waals surface area contributed by atoms with Crippen molar-refractivity contribution in [2.75, 3.05) is 23.0 Å². The maximum Gasteiger partial charge on any atom is 0.249 e. The van der Waals surface area contributed by atoms with E-state index in [0.29, 0.717) is 27.9 Å². The van der Waals surface area contributed by atoms with E-state index >= 15 is 0 Å². The number of hydrogen-bond acceptors (Lipinski definition) is 8. The molecule has 0 bridgehead atoms. The Morgan fingerprint density at radius 1 is 0.917 bits per heavy atom. The molecule has 186 valence electrons. The van der Waals surface area contributed by atoms with Crippen LogP contribution in [0.5, 0.6) is 17.2 Å². The van der Waals surface area contributed by atoms with Gasteiger partial charge in [0.05, 0.1) is 19.1 Å². The lowest BCUT2D eigenvalue weighted by molar-refractivity contribution is -0.116. The summed E-state index contributed by atoms with van der Waals surface area (Å²) in [6.07, 6.45) is 1.05. The van der Waals surface area contributed by atoms with Crippen LogP contribution in [0.1, 0.15) is 6.92 Å². The summed E-state index contributed by atoms with van der Waals surface area (Å²) >= 11 is 1.18. The molecule has 0 fully saturated rings. The van der Waals surface area contributed by atoms with E-state index in [1.807, 2.05) is 42.5 Å². The van der Waals surface area contributed by atoms with Gasteiger partial charge in [-0.1, -0.05) is 29.5 Å². The molecular formula is C25H24N4O5S2. The zero-order valence-corrected chi connectivity index (χ0v) is 21.4. The Bertz CT molecular complexity index is 1420. The Morgan fingerprint density at radius 2 is 1.53 bits per heavy atom. The van der Waals surface area contributed by atoms with Crippen molar-refractivity contribution in [2.45, 2.75) is 13.0 Å². The molecule has 36 heavy (non-hydrogen) atoms. The monoisotopic (exact) mass is 524 g/mol. The SMILES string of the molecule is COc1ccc(-c2nnc(NC(=O)[C@H](C)N(c3ccc(Oc4ccccc4)cc3)S(C)(=O)=O)s2)cc1. The molecule has 0 unspecified atom stereocenters. The lowest BCUT2D eigenvalue weighted by Crippen LogP contribution is -2.45. The van der Waals surface area contributed by atoms with E-state index in [1.165, 1.54) is 18.3 Å². The molecule has 0 spiro atoms. The highest BCUT2D eigenvalue weighted by atomic mass is 32.2. The highest BCUT2D eigenvalue weighted by molar-refractivity contribution is 7.92. The number of hydrogen-bond donors (Lipinski definition) is 1. The molecule has 1 aromatic heterocycles. The number of amides is 1. The van der Waals surface area contributed by atoms with Crippen molar-refractivity contribution in [3.8, 4) is 27.8 Å². The minimum atomic E-state index is -3.78. The van der Waals surface area contributed by atoms with E-state index in [0.717, 1.165) is 16.1 Å². The highest BCUT2D eigenvalue weighted by Gasteiger charge is 2.30. The standard InChI is InChI=1S/C25H24N4O5S2/c1-17(23(30)26-25-28-27-24(35-25)18-9-13-20(33-2)14-10-18)29(36(3,31)32)19-11-15-22(16-12-19)34-21-7-5-4-6-8-21/h4-17H,1-3H3,(H,26,28,30)/t17-/m0/s1. The minimum Gasteiger partial charge on any atom is -0.497 e. The lowest BCUT2D eigenvalue weighted by Gasteiger charge is -2.28. The molecule has 4 aromatic rings. The van der Waals surface area contributed by atoms with Crippen LogP contribution < -0.4 is 19.1 Å². The van der Waals surface area contributed by atoms with Crippen LogP contribution in [0.2, 0.25) is 0 Å². The van der Waals surface area contributed by atoms with Gasteiger partial charge in [0, 0.05) is 5.56 Å². The third kappa shape index (κ3) is 5.99. The quantitative estimate of drug-likeness (QED) is 0.335. The predicted octanol–water partition coefficient (Wildman–Crippen LogP) is 4.80. The molecule has 1 heterocycles. The van der Waals surface area contributed by atoms with Crippen LogP contribution in [0, 0.1) is 0 Å². The average Bonchev–Trinajstić information content (AvgIpc) is 3.33. The second-order valence-electron chi connectivity index (χ2n) is 7.77. The summed E-state index contributed by atoms with van der Waals surface area (Å²) in [5.74, 6) is 1.37. The normalized spacial score (nSPS) is 12.0. The first kappa shape index (κ1) is 25.1. The molecule has 0 radical (unpaired) electrons. The summed E-state index contributed by atoms with van der Waals surface area (Å²) in [5.41, 5.74) is 1.15.